The number of nitrogens with zero attached hydrogens (tertiary/aromatic N) is 2. The van der Waals surface area contributed by atoms with Crippen LogP contribution in [-0.4, -0.2) is 17.1 Å². The second-order valence-corrected chi connectivity index (χ2v) is 5.34. The van der Waals surface area contributed by atoms with Gasteiger partial charge in [0.05, 0.1) is 7.11 Å². The number of benzene rings is 1. The van der Waals surface area contributed by atoms with Gasteiger partial charge in [0.15, 0.2) is 0 Å². The minimum Gasteiger partial charge on any atom is -0.497 e. The van der Waals surface area contributed by atoms with Crippen LogP contribution in [0, 0.1) is 23.5 Å². The molecule has 0 amide bonds. The monoisotopic (exact) mass is 379 g/mol. The van der Waals surface area contributed by atoms with Crippen molar-refractivity contribution in [3.63, 3.8) is 0 Å². The number of methoxy groups -OCH3 is 1. The Balaban J connectivity index is 1.68. The van der Waals surface area contributed by atoms with Gasteiger partial charge in [-0.2, -0.15) is 22.5 Å². The fourth-order valence-corrected chi connectivity index (χ4v) is 2.19. The van der Waals surface area contributed by atoms with Gasteiger partial charge < -0.3 is 14.8 Å². The average molecular weight is 379 g/mol. The van der Waals surface area contributed by atoms with Gasteiger partial charge in [-0.05, 0) is 17.7 Å². The summed E-state index contributed by atoms with van der Waals surface area (Å²) in [5.74, 6) is -5.23. The molecule has 0 saturated carbocycles. The Bertz CT molecular complexity index is 926. The van der Waals surface area contributed by atoms with E-state index in [1.165, 1.54) is 19.4 Å². The van der Waals surface area contributed by atoms with Crippen molar-refractivity contribution in [1.82, 2.24) is 9.97 Å². The minimum atomic E-state index is -1.73. The molecule has 0 saturated heterocycles. The van der Waals surface area contributed by atoms with Gasteiger partial charge in [0.25, 0.3) is 11.9 Å². The van der Waals surface area contributed by atoms with E-state index in [2.05, 4.69) is 15.3 Å². The summed E-state index contributed by atoms with van der Waals surface area (Å²) in [6.07, 6.45) is 1.40. The lowest BCUT2D eigenvalue weighted by Gasteiger charge is -2.10. The van der Waals surface area contributed by atoms with Gasteiger partial charge in [-0.1, -0.05) is 12.1 Å². The number of aromatic nitrogens is 2. The highest BCUT2D eigenvalue weighted by molar-refractivity contribution is 5.46. The molecule has 1 aromatic carbocycles. The molecule has 9 heteroatoms. The molecule has 0 bridgehead atoms. The second-order valence-electron chi connectivity index (χ2n) is 5.34. The van der Waals surface area contributed by atoms with Crippen molar-refractivity contribution in [2.75, 3.05) is 12.4 Å². The summed E-state index contributed by atoms with van der Waals surface area (Å²) in [5, 5.41) is 2.30. The Morgan fingerprint density at radius 3 is 2.30 bits per heavy atom. The predicted molar refractivity (Wildman–Crippen MR) is 88.7 cm³/mol. The molecule has 0 fully saturated rings. The molecule has 27 heavy (non-hydrogen) atoms. The molecule has 140 valence electrons. The molecule has 0 aliphatic carbocycles. The predicted octanol–water partition coefficient (Wildman–Crippen LogP) is 4.45. The van der Waals surface area contributed by atoms with Crippen LogP contribution in [0.3, 0.4) is 0 Å². The number of anilines is 1. The first-order valence-electron chi connectivity index (χ1n) is 7.68. The summed E-state index contributed by atoms with van der Waals surface area (Å²) in [6, 6.07) is 10.0. The number of rotatable bonds is 6. The molecule has 3 aromatic rings. The number of hydrogen-bond donors (Lipinski definition) is 1. The quantitative estimate of drug-likeness (QED) is 0.507. The molecule has 5 nitrogen and oxygen atoms in total. The first-order chi connectivity index (χ1) is 13.0. The van der Waals surface area contributed by atoms with E-state index < -0.39 is 29.2 Å². The Kier molecular flexibility index (Phi) is 5.39. The van der Waals surface area contributed by atoms with Gasteiger partial charge >= 0.3 is 0 Å². The summed E-state index contributed by atoms with van der Waals surface area (Å²) >= 11 is 0. The van der Waals surface area contributed by atoms with Crippen LogP contribution in [-0.2, 0) is 6.54 Å². The summed E-state index contributed by atoms with van der Waals surface area (Å²) in [4.78, 5) is 6.56. The Morgan fingerprint density at radius 1 is 0.963 bits per heavy atom. The largest absolute Gasteiger partial charge is 0.497 e. The number of halogens is 4. The standard InChI is InChI=1S/C18H13F4N3O2/c1-26-11-3-2-4-12(7-11)27-13-6-5-10(8-23-13)9-24-16-14(19)17(21)25-18(22)15(16)20/h2-8H,9H2,1H3,(H,24,25). The topological polar surface area (TPSA) is 56.3 Å². The van der Waals surface area contributed by atoms with E-state index in [0.29, 0.717) is 17.1 Å². The number of nitrogens with one attached hydrogen (secondary N) is 1. The van der Waals surface area contributed by atoms with E-state index in [1.54, 1.807) is 30.3 Å². The highest BCUT2D eigenvalue weighted by atomic mass is 19.2. The lowest BCUT2D eigenvalue weighted by molar-refractivity contribution is 0.407. The first kappa shape index (κ1) is 18.4. The van der Waals surface area contributed by atoms with Crippen molar-refractivity contribution < 1.29 is 27.0 Å². The number of pyridine rings is 2. The minimum absolute atomic E-state index is 0.122. The first-order valence-corrected chi connectivity index (χ1v) is 7.68. The summed E-state index contributed by atoms with van der Waals surface area (Å²) in [5.41, 5.74) is -0.430. The van der Waals surface area contributed by atoms with Crippen molar-refractivity contribution in [2.24, 2.45) is 0 Å². The van der Waals surface area contributed by atoms with E-state index in [0.717, 1.165) is 0 Å². The van der Waals surface area contributed by atoms with Crippen LogP contribution in [0.5, 0.6) is 17.4 Å². The Labute approximate surface area is 151 Å². The molecule has 1 N–H and O–H groups in total. The lowest BCUT2D eigenvalue weighted by atomic mass is 10.2. The van der Waals surface area contributed by atoms with Crippen molar-refractivity contribution >= 4 is 5.69 Å². The zero-order chi connectivity index (χ0) is 19.4. The molecule has 0 atom stereocenters. The van der Waals surface area contributed by atoms with Crippen molar-refractivity contribution in [1.29, 1.82) is 0 Å². The molecule has 2 heterocycles. The summed E-state index contributed by atoms with van der Waals surface area (Å²) in [6.45, 7) is -0.122. The number of ether oxygens (including phenoxy) is 2. The lowest BCUT2D eigenvalue weighted by Crippen LogP contribution is -2.09. The third-order valence-corrected chi connectivity index (χ3v) is 3.53. The number of hydrogen-bond acceptors (Lipinski definition) is 5. The molecular formula is C18H13F4N3O2. The molecule has 0 spiro atoms. The van der Waals surface area contributed by atoms with Gasteiger partial charge in [-0.3, -0.25) is 0 Å². The highest BCUT2D eigenvalue weighted by Gasteiger charge is 2.20. The van der Waals surface area contributed by atoms with E-state index in [-0.39, 0.29) is 12.4 Å². The van der Waals surface area contributed by atoms with Crippen LogP contribution in [0.1, 0.15) is 5.56 Å². The summed E-state index contributed by atoms with van der Waals surface area (Å²) < 4.78 is 64.0. The van der Waals surface area contributed by atoms with E-state index in [9.17, 15) is 17.6 Å². The van der Waals surface area contributed by atoms with Crippen molar-refractivity contribution in [3.05, 3.63) is 71.7 Å². The molecule has 0 unspecified atom stereocenters. The maximum absolute atomic E-state index is 13.6. The maximum Gasteiger partial charge on any atom is 0.253 e. The second kappa shape index (κ2) is 7.90. The van der Waals surface area contributed by atoms with Gasteiger partial charge in [0, 0.05) is 24.9 Å². The SMILES string of the molecule is COc1cccc(Oc2ccc(CNc3c(F)c(F)nc(F)c3F)cn2)c1. The van der Waals surface area contributed by atoms with Gasteiger partial charge in [-0.15, -0.1) is 0 Å². The van der Waals surface area contributed by atoms with E-state index >= 15 is 0 Å². The van der Waals surface area contributed by atoms with Crippen LogP contribution < -0.4 is 14.8 Å². The normalized spacial score (nSPS) is 10.6. The molecule has 0 radical (unpaired) electrons. The van der Waals surface area contributed by atoms with E-state index in [4.69, 9.17) is 9.47 Å². The third kappa shape index (κ3) is 4.25. The fourth-order valence-electron chi connectivity index (χ4n) is 2.19. The van der Waals surface area contributed by atoms with Crippen LogP contribution in [0.15, 0.2) is 42.6 Å². The Hall–Kier alpha value is -3.36. The Morgan fingerprint density at radius 2 is 1.67 bits per heavy atom. The van der Waals surface area contributed by atoms with Gasteiger partial charge in [-0.25, -0.2) is 4.98 Å². The van der Waals surface area contributed by atoms with Crippen molar-refractivity contribution in [2.45, 2.75) is 6.54 Å². The average Bonchev–Trinajstić information content (AvgIpc) is 2.68. The molecule has 3 rings (SSSR count). The van der Waals surface area contributed by atoms with Gasteiger partial charge in [0.2, 0.25) is 17.5 Å². The highest BCUT2D eigenvalue weighted by Crippen LogP contribution is 2.25. The molecule has 0 aliphatic rings. The van der Waals surface area contributed by atoms with Crippen LogP contribution in [0.4, 0.5) is 23.2 Å². The summed E-state index contributed by atoms with van der Waals surface area (Å²) in [7, 11) is 1.53. The third-order valence-electron chi connectivity index (χ3n) is 3.53. The van der Waals surface area contributed by atoms with Gasteiger partial charge in [0.1, 0.15) is 17.2 Å². The van der Waals surface area contributed by atoms with Crippen LogP contribution in [0.2, 0.25) is 0 Å². The maximum atomic E-state index is 13.6. The van der Waals surface area contributed by atoms with Crippen LogP contribution in [0.25, 0.3) is 0 Å². The molecule has 2 aromatic heterocycles. The zero-order valence-corrected chi connectivity index (χ0v) is 14.0. The van der Waals surface area contributed by atoms with Crippen LogP contribution >= 0.6 is 0 Å². The zero-order valence-electron chi connectivity index (χ0n) is 14.0. The van der Waals surface area contributed by atoms with Crippen molar-refractivity contribution in [3.8, 4) is 17.4 Å². The fraction of sp³-hybridized carbons (Fsp3) is 0.111. The van der Waals surface area contributed by atoms with E-state index in [1.807, 2.05) is 0 Å². The molecular weight excluding hydrogens is 366 g/mol. The molecule has 0 aliphatic heterocycles. The smallest absolute Gasteiger partial charge is 0.253 e.